The fourth-order valence-corrected chi connectivity index (χ4v) is 3.80. The number of carbonyl (C=O) groups is 2. The molecule has 0 bridgehead atoms. The lowest BCUT2D eigenvalue weighted by atomic mass is 10.1. The summed E-state index contributed by atoms with van der Waals surface area (Å²) in [6.07, 6.45) is 1.48. The summed E-state index contributed by atoms with van der Waals surface area (Å²) in [7, 11) is 0. The van der Waals surface area contributed by atoms with Crippen LogP contribution in [0.15, 0.2) is 45.8 Å². The van der Waals surface area contributed by atoms with Crippen LogP contribution in [0.2, 0.25) is 5.02 Å². The zero-order chi connectivity index (χ0) is 18.8. The molecule has 0 aromatic heterocycles. The summed E-state index contributed by atoms with van der Waals surface area (Å²) in [6.45, 7) is 2.19. The number of imide groups is 1. The first-order valence-electron chi connectivity index (χ1n) is 7.59. The number of anilines is 1. The molecule has 1 N–H and O–H groups in total. The lowest BCUT2D eigenvalue weighted by Gasteiger charge is -2.12. The molecule has 134 valence electrons. The average Bonchev–Trinajstić information content (AvgIpc) is 2.87. The van der Waals surface area contributed by atoms with E-state index in [1.165, 1.54) is 6.08 Å². The van der Waals surface area contributed by atoms with Gasteiger partial charge in [0, 0.05) is 15.1 Å². The molecular weight excluding hydrogens is 442 g/mol. The predicted octanol–water partition coefficient (Wildman–Crippen LogP) is 5.45. The van der Waals surface area contributed by atoms with Crippen LogP contribution in [-0.4, -0.2) is 22.9 Å². The highest BCUT2D eigenvalue weighted by atomic mass is 79.9. The van der Waals surface area contributed by atoms with E-state index < -0.39 is 11.1 Å². The molecule has 26 heavy (non-hydrogen) atoms. The van der Waals surface area contributed by atoms with Gasteiger partial charge < -0.3 is 9.84 Å². The number of nitrogens with zero attached hydrogens (tertiary/aromatic N) is 1. The van der Waals surface area contributed by atoms with Crippen molar-refractivity contribution in [2.45, 2.75) is 6.92 Å². The molecule has 0 radical (unpaired) electrons. The minimum atomic E-state index is -0.459. The molecular formula is C18H13BrClNO4S. The third-order valence-electron chi connectivity index (χ3n) is 3.53. The second-order valence-electron chi connectivity index (χ2n) is 5.27. The van der Waals surface area contributed by atoms with Gasteiger partial charge in [-0.15, -0.1) is 0 Å². The fraction of sp³-hybridized carbons (Fsp3) is 0.111. The van der Waals surface area contributed by atoms with Crippen molar-refractivity contribution in [3.63, 3.8) is 0 Å². The van der Waals surface area contributed by atoms with Crippen molar-refractivity contribution in [1.82, 2.24) is 0 Å². The van der Waals surface area contributed by atoms with E-state index in [1.54, 1.807) is 43.3 Å². The summed E-state index contributed by atoms with van der Waals surface area (Å²) in [5.74, 6) is -0.252. The van der Waals surface area contributed by atoms with Gasteiger partial charge in [0.25, 0.3) is 11.1 Å². The molecule has 1 aliphatic rings. The third kappa shape index (κ3) is 3.75. The number of ether oxygens (including phenoxy) is 1. The number of phenols is 1. The Morgan fingerprint density at radius 3 is 2.62 bits per heavy atom. The van der Waals surface area contributed by atoms with Crippen LogP contribution >= 0.6 is 39.3 Å². The Kier molecular flexibility index (Phi) is 5.60. The summed E-state index contributed by atoms with van der Waals surface area (Å²) in [6, 6.07) is 9.71. The SMILES string of the molecule is CCOc1cc(Br)cc(C=C2SC(=O)N(c3ccc(Cl)cc3)C2=O)c1O. The van der Waals surface area contributed by atoms with Crippen molar-refractivity contribution in [2.24, 2.45) is 0 Å². The Hall–Kier alpha value is -1.96. The summed E-state index contributed by atoms with van der Waals surface area (Å²) in [4.78, 5) is 26.2. The zero-order valence-electron chi connectivity index (χ0n) is 13.5. The highest BCUT2D eigenvalue weighted by Crippen LogP contribution is 2.40. The molecule has 1 saturated heterocycles. The standard InChI is InChI=1S/C18H13BrClNO4S/c1-2-25-14-9-11(19)7-10(16(14)22)8-15-17(23)21(18(24)26-15)13-5-3-12(20)4-6-13/h3-9,22H,2H2,1H3. The quantitative estimate of drug-likeness (QED) is 0.622. The van der Waals surface area contributed by atoms with Gasteiger partial charge in [0.15, 0.2) is 11.5 Å². The van der Waals surface area contributed by atoms with E-state index in [1.807, 2.05) is 0 Å². The number of aromatic hydroxyl groups is 1. The molecule has 0 saturated carbocycles. The monoisotopic (exact) mass is 453 g/mol. The molecule has 1 aliphatic heterocycles. The number of benzene rings is 2. The Labute approximate surface area is 167 Å². The summed E-state index contributed by atoms with van der Waals surface area (Å²) in [5.41, 5.74) is 0.818. The van der Waals surface area contributed by atoms with Gasteiger partial charge in [-0.05, 0) is 61.2 Å². The van der Waals surface area contributed by atoms with Crippen LogP contribution in [0.4, 0.5) is 10.5 Å². The van der Waals surface area contributed by atoms with Crippen LogP contribution in [0.5, 0.6) is 11.5 Å². The van der Waals surface area contributed by atoms with Gasteiger partial charge in [0.05, 0.1) is 17.2 Å². The predicted molar refractivity (Wildman–Crippen MR) is 107 cm³/mol. The molecule has 0 spiro atoms. The molecule has 1 heterocycles. The van der Waals surface area contributed by atoms with Gasteiger partial charge in [-0.1, -0.05) is 27.5 Å². The normalized spacial score (nSPS) is 15.8. The van der Waals surface area contributed by atoms with Gasteiger partial charge in [0.2, 0.25) is 0 Å². The third-order valence-corrected chi connectivity index (χ3v) is 5.11. The van der Waals surface area contributed by atoms with Crippen LogP contribution in [0.25, 0.3) is 6.08 Å². The molecule has 3 rings (SSSR count). The number of hydrogen-bond acceptors (Lipinski definition) is 5. The van der Waals surface area contributed by atoms with Crippen LogP contribution < -0.4 is 9.64 Å². The van der Waals surface area contributed by atoms with Crippen molar-refractivity contribution < 1.29 is 19.4 Å². The van der Waals surface area contributed by atoms with E-state index in [0.717, 1.165) is 16.7 Å². The summed E-state index contributed by atoms with van der Waals surface area (Å²) in [5, 5.41) is 10.4. The topological polar surface area (TPSA) is 66.8 Å². The molecule has 5 nitrogen and oxygen atoms in total. The van der Waals surface area contributed by atoms with Crippen LogP contribution in [-0.2, 0) is 4.79 Å². The first-order valence-corrected chi connectivity index (χ1v) is 9.58. The maximum absolute atomic E-state index is 12.7. The maximum Gasteiger partial charge on any atom is 0.298 e. The van der Waals surface area contributed by atoms with Crippen molar-refractivity contribution in [3.05, 3.63) is 56.4 Å². The number of hydrogen-bond donors (Lipinski definition) is 1. The molecule has 0 aliphatic carbocycles. The zero-order valence-corrected chi connectivity index (χ0v) is 16.7. The van der Waals surface area contributed by atoms with Crippen molar-refractivity contribution in [3.8, 4) is 11.5 Å². The molecule has 2 aromatic carbocycles. The van der Waals surface area contributed by atoms with E-state index in [2.05, 4.69) is 15.9 Å². The number of thioether (sulfide) groups is 1. The molecule has 1 fully saturated rings. The number of rotatable bonds is 4. The second kappa shape index (κ2) is 7.73. The molecule has 2 amide bonds. The number of phenolic OH excluding ortho intramolecular Hbond substituents is 1. The number of amides is 2. The van der Waals surface area contributed by atoms with Gasteiger partial charge in [-0.25, -0.2) is 4.90 Å². The Bertz CT molecular complexity index is 914. The van der Waals surface area contributed by atoms with E-state index >= 15 is 0 Å². The second-order valence-corrected chi connectivity index (χ2v) is 7.61. The van der Waals surface area contributed by atoms with E-state index in [-0.39, 0.29) is 10.7 Å². The van der Waals surface area contributed by atoms with Crippen molar-refractivity contribution in [2.75, 3.05) is 11.5 Å². The Balaban J connectivity index is 1.97. The van der Waals surface area contributed by atoms with Gasteiger partial charge in [0.1, 0.15) is 0 Å². The van der Waals surface area contributed by atoms with Gasteiger partial charge in [-0.2, -0.15) is 0 Å². The smallest absolute Gasteiger partial charge is 0.298 e. The van der Waals surface area contributed by atoms with Crippen LogP contribution in [0, 0.1) is 0 Å². The van der Waals surface area contributed by atoms with Crippen molar-refractivity contribution in [1.29, 1.82) is 0 Å². The maximum atomic E-state index is 12.7. The molecule has 0 unspecified atom stereocenters. The van der Waals surface area contributed by atoms with Crippen molar-refractivity contribution >= 4 is 62.2 Å². The minimum absolute atomic E-state index is 0.0895. The molecule has 0 atom stereocenters. The highest BCUT2D eigenvalue weighted by molar-refractivity contribution is 9.10. The Morgan fingerprint density at radius 1 is 1.27 bits per heavy atom. The lowest BCUT2D eigenvalue weighted by Crippen LogP contribution is -2.27. The lowest BCUT2D eigenvalue weighted by molar-refractivity contribution is -0.113. The summed E-state index contributed by atoms with van der Waals surface area (Å²) < 4.78 is 6.06. The highest BCUT2D eigenvalue weighted by Gasteiger charge is 2.36. The average molecular weight is 455 g/mol. The first-order chi connectivity index (χ1) is 12.4. The number of halogens is 2. The fourth-order valence-electron chi connectivity index (χ4n) is 2.39. The first kappa shape index (κ1) is 18.8. The van der Waals surface area contributed by atoms with Crippen LogP contribution in [0.1, 0.15) is 12.5 Å². The van der Waals surface area contributed by atoms with Gasteiger partial charge in [-0.3, -0.25) is 9.59 Å². The van der Waals surface area contributed by atoms with E-state index in [4.69, 9.17) is 16.3 Å². The molecule has 2 aromatic rings. The van der Waals surface area contributed by atoms with E-state index in [0.29, 0.717) is 33.1 Å². The summed E-state index contributed by atoms with van der Waals surface area (Å²) >= 11 is 10.0. The number of carbonyl (C=O) groups excluding carboxylic acids is 2. The Morgan fingerprint density at radius 2 is 1.96 bits per heavy atom. The van der Waals surface area contributed by atoms with Gasteiger partial charge >= 0.3 is 0 Å². The molecule has 8 heteroatoms. The largest absolute Gasteiger partial charge is 0.504 e. The van der Waals surface area contributed by atoms with Crippen LogP contribution in [0.3, 0.4) is 0 Å². The minimum Gasteiger partial charge on any atom is -0.504 e. The van der Waals surface area contributed by atoms with E-state index in [9.17, 15) is 14.7 Å².